The van der Waals surface area contributed by atoms with Crippen LogP contribution >= 0.6 is 23.5 Å². The number of benzene rings is 4. The summed E-state index contributed by atoms with van der Waals surface area (Å²) in [7, 11) is 0. The second kappa shape index (κ2) is 22.7. The van der Waals surface area contributed by atoms with Crippen molar-refractivity contribution in [2.75, 3.05) is 6.26 Å². The Kier molecular flexibility index (Phi) is 17.8. The third kappa shape index (κ3) is 12.0. The second-order valence-electron chi connectivity index (χ2n) is 16.0. The van der Waals surface area contributed by atoms with Crippen molar-refractivity contribution in [3.8, 4) is 22.3 Å². The zero-order valence-electron chi connectivity index (χ0n) is 34.5. The monoisotopic (exact) mass is 850 g/mol. The minimum absolute atomic E-state index is 0.0508. The van der Waals surface area contributed by atoms with Crippen molar-refractivity contribution >= 4 is 35.5 Å². The summed E-state index contributed by atoms with van der Waals surface area (Å²) < 4.78 is 54.7. The molecule has 0 heterocycles. The summed E-state index contributed by atoms with van der Waals surface area (Å²) >= 11 is 1.66. The van der Waals surface area contributed by atoms with Gasteiger partial charge in [-0.3, -0.25) is 0 Å². The molecule has 4 aromatic carbocycles. The van der Waals surface area contributed by atoms with E-state index in [4.69, 9.17) is 0 Å². The fourth-order valence-corrected chi connectivity index (χ4v) is 10.5. The predicted molar refractivity (Wildman–Crippen MR) is 234 cm³/mol. The van der Waals surface area contributed by atoms with Crippen molar-refractivity contribution in [2.24, 2.45) is 11.8 Å². The highest BCUT2D eigenvalue weighted by Crippen LogP contribution is 2.47. The molecule has 0 saturated heterocycles. The van der Waals surface area contributed by atoms with Crippen LogP contribution in [0.2, 0.25) is 0 Å². The lowest BCUT2D eigenvalue weighted by Crippen LogP contribution is -2.17. The molecular weight excluding hydrogens is 793 g/mol. The van der Waals surface area contributed by atoms with Gasteiger partial charge in [-0.15, -0.1) is 11.8 Å². The molecule has 2 saturated carbocycles. The Hall–Kier alpha value is -3.76. The number of carboxylic acids is 2. The maximum absolute atomic E-state index is 14.9. The van der Waals surface area contributed by atoms with Crippen LogP contribution in [0, 0.1) is 23.5 Å². The van der Waals surface area contributed by atoms with Crippen molar-refractivity contribution in [1.29, 1.82) is 0 Å². The fraction of sp³-hybridized carbons (Fsp3) is 0.469. The summed E-state index contributed by atoms with van der Waals surface area (Å²) in [6.07, 6.45) is 18.9. The highest BCUT2D eigenvalue weighted by molar-refractivity contribution is 7.99. The number of hydrogen-bond acceptors (Lipinski definition) is 4. The summed E-state index contributed by atoms with van der Waals surface area (Å²) in [4.78, 5) is 24.7. The van der Waals surface area contributed by atoms with Gasteiger partial charge in [-0.1, -0.05) is 119 Å². The Labute approximate surface area is 356 Å². The minimum Gasteiger partial charge on any atom is -0.478 e. The smallest absolute Gasteiger partial charge is 0.335 e. The summed E-state index contributed by atoms with van der Waals surface area (Å²) in [6, 6.07) is 21.1. The largest absolute Gasteiger partial charge is 0.478 e. The van der Waals surface area contributed by atoms with Crippen molar-refractivity contribution in [3.63, 3.8) is 0 Å². The van der Waals surface area contributed by atoms with Crippen LogP contribution in [0.5, 0.6) is 0 Å². The standard InChI is InChI=1S/C25H28F4O2S.C24H30O2S/c1-2-3-4-6-15-9-11-16(12-10-15)21-17(7-5-8-19(21)24(30)31)18-13-14-20(32-25(28)29)23(27)22(18)26;1-3-4-8-17-11-13-19(14-12-17)22-20(24(25)26)15-16-21(27-2)23(22)18-9-6-5-7-10-18/h5,7-8,13-16,25H,2-4,6,9-12H2,1H3,(H,30,31);5-7,9-10,15-17,19H,3-4,8,11-14H2,1-2H3,(H,25,26). The Morgan fingerprint density at radius 3 is 1.75 bits per heavy atom. The minimum atomic E-state index is -2.87. The van der Waals surface area contributed by atoms with Gasteiger partial charge >= 0.3 is 11.9 Å². The van der Waals surface area contributed by atoms with Gasteiger partial charge in [0, 0.05) is 10.5 Å². The van der Waals surface area contributed by atoms with E-state index in [9.17, 15) is 37.4 Å². The number of rotatable bonds is 16. The van der Waals surface area contributed by atoms with Crippen LogP contribution in [-0.2, 0) is 0 Å². The van der Waals surface area contributed by atoms with E-state index in [1.165, 1.54) is 74.5 Å². The van der Waals surface area contributed by atoms with Gasteiger partial charge in [0.15, 0.2) is 11.6 Å². The van der Waals surface area contributed by atoms with E-state index < -0.39 is 34.2 Å². The summed E-state index contributed by atoms with van der Waals surface area (Å²) in [6.45, 7) is 4.42. The summed E-state index contributed by atoms with van der Waals surface area (Å²) in [5, 5.41) is 19.7. The third-order valence-electron chi connectivity index (χ3n) is 12.3. The molecule has 4 aromatic rings. The molecule has 0 radical (unpaired) electrons. The van der Waals surface area contributed by atoms with Crippen LogP contribution in [0.15, 0.2) is 82.6 Å². The topological polar surface area (TPSA) is 74.6 Å². The van der Waals surface area contributed by atoms with Crippen LogP contribution in [-0.4, -0.2) is 34.2 Å². The van der Waals surface area contributed by atoms with E-state index in [-0.39, 0.29) is 28.8 Å². The van der Waals surface area contributed by atoms with Gasteiger partial charge in [-0.05, 0) is 133 Å². The molecule has 0 aromatic heterocycles. The highest BCUT2D eigenvalue weighted by Gasteiger charge is 2.31. The number of unbranched alkanes of at least 4 members (excludes halogenated alkanes) is 3. The van der Waals surface area contributed by atoms with Crippen molar-refractivity contribution in [3.05, 3.63) is 107 Å². The molecule has 2 N–H and O–H groups in total. The van der Waals surface area contributed by atoms with E-state index in [0.29, 0.717) is 28.5 Å². The first-order valence-corrected chi connectivity index (χ1v) is 23.4. The number of carbonyl (C=O) groups is 2. The van der Waals surface area contributed by atoms with Gasteiger partial charge in [-0.25, -0.2) is 18.4 Å². The summed E-state index contributed by atoms with van der Waals surface area (Å²) in [5.74, 6) is -5.65. The van der Waals surface area contributed by atoms with Crippen LogP contribution in [0.3, 0.4) is 0 Å². The fourth-order valence-electron chi connectivity index (χ4n) is 9.29. The first kappa shape index (κ1) is 46.3. The highest BCUT2D eigenvalue weighted by atomic mass is 32.2. The molecule has 2 aliphatic carbocycles. The SMILES string of the molecule is CCCCC1CCC(c2c(C(=O)O)ccc(SC)c2-c2ccccc2)CC1.CCCCCC1CCC(c2c(C(=O)O)cccc2-c2ccc(SC(F)F)c(F)c2F)CC1. The molecule has 0 bridgehead atoms. The number of thioether (sulfide) groups is 2. The first-order valence-electron chi connectivity index (χ1n) is 21.3. The quantitative estimate of drug-likeness (QED) is 0.0664. The van der Waals surface area contributed by atoms with Gasteiger partial charge in [0.25, 0.3) is 5.76 Å². The van der Waals surface area contributed by atoms with Crippen molar-refractivity contribution in [1.82, 2.24) is 0 Å². The molecular formula is C49H58F4O4S2. The zero-order valence-corrected chi connectivity index (χ0v) is 36.1. The molecule has 6 rings (SSSR count). The predicted octanol–water partition coefficient (Wildman–Crippen LogP) is 15.7. The molecule has 0 unspecified atom stereocenters. The van der Waals surface area contributed by atoms with E-state index in [1.54, 1.807) is 17.8 Å². The molecule has 0 atom stereocenters. The van der Waals surface area contributed by atoms with Crippen LogP contribution < -0.4 is 0 Å². The van der Waals surface area contributed by atoms with E-state index in [0.717, 1.165) is 73.6 Å². The molecule has 318 valence electrons. The molecule has 4 nitrogen and oxygen atoms in total. The maximum atomic E-state index is 14.9. The van der Waals surface area contributed by atoms with E-state index in [1.807, 2.05) is 30.3 Å². The summed E-state index contributed by atoms with van der Waals surface area (Å²) in [5.41, 5.74) is 4.65. The number of alkyl halides is 2. The van der Waals surface area contributed by atoms with Crippen LogP contribution in [0.4, 0.5) is 17.6 Å². The van der Waals surface area contributed by atoms with Gasteiger partial charge in [0.1, 0.15) is 0 Å². The Bertz CT molecular complexity index is 1990. The van der Waals surface area contributed by atoms with Crippen molar-refractivity contribution < 1.29 is 37.4 Å². The first-order chi connectivity index (χ1) is 28.5. The molecule has 10 heteroatoms. The molecule has 2 fully saturated rings. The maximum Gasteiger partial charge on any atom is 0.335 e. The number of hydrogen-bond donors (Lipinski definition) is 2. The van der Waals surface area contributed by atoms with Gasteiger partial charge in [0.05, 0.1) is 16.0 Å². The Morgan fingerprint density at radius 1 is 0.627 bits per heavy atom. The lowest BCUT2D eigenvalue weighted by Gasteiger charge is -2.31. The van der Waals surface area contributed by atoms with Gasteiger partial charge in [0.2, 0.25) is 0 Å². The molecule has 0 amide bonds. The molecule has 59 heavy (non-hydrogen) atoms. The lowest BCUT2D eigenvalue weighted by atomic mass is 9.74. The van der Waals surface area contributed by atoms with E-state index >= 15 is 0 Å². The lowest BCUT2D eigenvalue weighted by molar-refractivity contribution is 0.0683. The number of carboxylic acid groups (broad SMARTS) is 2. The van der Waals surface area contributed by atoms with Gasteiger partial charge < -0.3 is 10.2 Å². The second-order valence-corrected chi connectivity index (χ2v) is 17.9. The zero-order chi connectivity index (χ0) is 42.5. The average Bonchev–Trinajstić information content (AvgIpc) is 3.24. The number of aromatic carboxylic acids is 2. The number of halogens is 4. The van der Waals surface area contributed by atoms with E-state index in [2.05, 4.69) is 32.2 Å². The third-order valence-corrected chi connectivity index (χ3v) is 13.8. The Morgan fingerprint density at radius 2 is 1.19 bits per heavy atom. The molecule has 0 spiro atoms. The van der Waals surface area contributed by atoms with Crippen LogP contribution in [0.25, 0.3) is 22.3 Å². The van der Waals surface area contributed by atoms with Gasteiger partial charge in [-0.2, -0.15) is 8.78 Å². The average molecular weight is 851 g/mol. The van der Waals surface area contributed by atoms with Crippen molar-refractivity contribution in [2.45, 2.75) is 138 Å². The van der Waals surface area contributed by atoms with Crippen LogP contribution in [0.1, 0.15) is 154 Å². The molecule has 2 aliphatic rings. The normalized spacial score (nSPS) is 19.3. The molecule has 0 aliphatic heterocycles. The Balaban J connectivity index is 0.000000227.